The summed E-state index contributed by atoms with van der Waals surface area (Å²) in [7, 11) is 0. The van der Waals surface area contributed by atoms with Gasteiger partial charge in [0.15, 0.2) is 0 Å². The highest BCUT2D eigenvalue weighted by Gasteiger charge is 2.17. The van der Waals surface area contributed by atoms with Crippen LogP contribution in [-0.2, 0) is 12.0 Å². The normalized spacial score (nSPS) is 11.7. The van der Waals surface area contributed by atoms with Gasteiger partial charge in [0.1, 0.15) is 10.00 Å². The Labute approximate surface area is 117 Å². The second kappa shape index (κ2) is 4.82. The van der Waals surface area contributed by atoms with Crippen molar-refractivity contribution in [2.24, 2.45) is 5.73 Å². The first-order chi connectivity index (χ1) is 8.38. The number of hydrogen-bond donors (Lipinski definition) is 1. The van der Waals surface area contributed by atoms with Gasteiger partial charge in [-0.15, -0.1) is 11.3 Å². The van der Waals surface area contributed by atoms with Gasteiger partial charge in [0.2, 0.25) is 0 Å². The molecule has 0 unspecified atom stereocenters. The van der Waals surface area contributed by atoms with Crippen molar-refractivity contribution in [2.45, 2.75) is 32.7 Å². The molecule has 0 fully saturated rings. The minimum Gasteiger partial charge on any atom is -0.388 e. The molecule has 2 rings (SSSR count). The molecule has 18 heavy (non-hydrogen) atoms. The summed E-state index contributed by atoms with van der Waals surface area (Å²) < 4.78 is 2.04. The molecule has 0 atom stereocenters. The van der Waals surface area contributed by atoms with Crippen LogP contribution < -0.4 is 5.73 Å². The summed E-state index contributed by atoms with van der Waals surface area (Å²) >= 11 is 6.70. The van der Waals surface area contributed by atoms with Crippen molar-refractivity contribution in [3.63, 3.8) is 0 Å². The molecular formula is C13H17N3S2. The van der Waals surface area contributed by atoms with E-state index in [0.29, 0.717) is 4.99 Å². The number of thiazole rings is 1. The van der Waals surface area contributed by atoms with Crippen LogP contribution in [0, 0.1) is 0 Å². The molecule has 0 bridgehead atoms. The van der Waals surface area contributed by atoms with Gasteiger partial charge < -0.3 is 10.3 Å². The summed E-state index contributed by atoms with van der Waals surface area (Å²) in [6.45, 7) is 7.23. The lowest BCUT2D eigenvalue weighted by Gasteiger charge is -2.14. The fourth-order valence-electron chi connectivity index (χ4n) is 1.65. The van der Waals surface area contributed by atoms with E-state index in [9.17, 15) is 0 Å². The van der Waals surface area contributed by atoms with Gasteiger partial charge in [-0.1, -0.05) is 33.0 Å². The molecule has 0 aromatic carbocycles. The average molecular weight is 279 g/mol. The van der Waals surface area contributed by atoms with Gasteiger partial charge in [0.25, 0.3) is 0 Å². The van der Waals surface area contributed by atoms with Crippen LogP contribution >= 0.6 is 23.6 Å². The number of thiocarbonyl (C=S) groups is 1. The van der Waals surface area contributed by atoms with Gasteiger partial charge in [0, 0.05) is 17.0 Å². The summed E-state index contributed by atoms with van der Waals surface area (Å²) in [4.78, 5) is 5.09. The van der Waals surface area contributed by atoms with Gasteiger partial charge in [-0.25, -0.2) is 4.98 Å². The molecule has 2 N–H and O–H groups in total. The Morgan fingerprint density at radius 1 is 1.50 bits per heavy atom. The van der Waals surface area contributed by atoms with E-state index >= 15 is 0 Å². The SMILES string of the molecule is CC(C)(C)c1csc(Cn2cccc2C(N)=S)n1. The molecule has 2 heterocycles. The van der Waals surface area contributed by atoms with E-state index in [1.165, 1.54) is 0 Å². The molecule has 0 amide bonds. The first kappa shape index (κ1) is 13.2. The Balaban J connectivity index is 2.22. The Hall–Kier alpha value is -1.20. The van der Waals surface area contributed by atoms with Crippen molar-refractivity contribution in [1.82, 2.24) is 9.55 Å². The number of hydrogen-bond acceptors (Lipinski definition) is 3. The van der Waals surface area contributed by atoms with Crippen LogP contribution in [-0.4, -0.2) is 14.5 Å². The zero-order chi connectivity index (χ0) is 13.3. The Morgan fingerprint density at radius 3 is 2.78 bits per heavy atom. The van der Waals surface area contributed by atoms with Gasteiger partial charge in [-0.3, -0.25) is 0 Å². The molecular weight excluding hydrogens is 262 g/mol. The topological polar surface area (TPSA) is 43.8 Å². The van der Waals surface area contributed by atoms with E-state index in [1.54, 1.807) is 11.3 Å². The van der Waals surface area contributed by atoms with Gasteiger partial charge >= 0.3 is 0 Å². The fraction of sp³-hybridized carbons (Fsp3) is 0.385. The Morgan fingerprint density at radius 2 is 2.22 bits per heavy atom. The van der Waals surface area contributed by atoms with Crippen molar-refractivity contribution in [3.05, 3.63) is 40.1 Å². The average Bonchev–Trinajstić information content (AvgIpc) is 2.85. The second-order valence-corrected chi connectivity index (χ2v) is 6.64. The predicted molar refractivity (Wildman–Crippen MR) is 80.2 cm³/mol. The lowest BCUT2D eigenvalue weighted by atomic mass is 9.93. The first-order valence-electron chi connectivity index (χ1n) is 5.78. The molecule has 0 saturated heterocycles. The summed E-state index contributed by atoms with van der Waals surface area (Å²) in [6, 6.07) is 3.88. The van der Waals surface area contributed by atoms with Gasteiger partial charge in [0.05, 0.1) is 17.9 Å². The fourth-order valence-corrected chi connectivity index (χ4v) is 2.85. The van der Waals surface area contributed by atoms with Crippen molar-refractivity contribution < 1.29 is 0 Å². The largest absolute Gasteiger partial charge is 0.388 e. The second-order valence-electron chi connectivity index (χ2n) is 5.26. The van der Waals surface area contributed by atoms with Crippen LogP contribution in [0.4, 0.5) is 0 Å². The maximum absolute atomic E-state index is 5.68. The van der Waals surface area contributed by atoms with Crippen LogP contribution in [0.3, 0.4) is 0 Å². The van der Waals surface area contributed by atoms with Crippen LogP contribution in [0.1, 0.15) is 37.2 Å². The third-order valence-electron chi connectivity index (χ3n) is 2.71. The third-order valence-corrected chi connectivity index (χ3v) is 3.75. The highest BCUT2D eigenvalue weighted by atomic mass is 32.1. The highest BCUT2D eigenvalue weighted by Crippen LogP contribution is 2.24. The highest BCUT2D eigenvalue weighted by molar-refractivity contribution is 7.80. The zero-order valence-corrected chi connectivity index (χ0v) is 12.4. The quantitative estimate of drug-likeness (QED) is 0.879. The van der Waals surface area contributed by atoms with Crippen LogP contribution in [0.5, 0.6) is 0 Å². The molecule has 0 aliphatic heterocycles. The molecule has 5 heteroatoms. The Kier molecular flexibility index (Phi) is 3.54. The minimum absolute atomic E-state index is 0.0947. The monoisotopic (exact) mass is 279 g/mol. The molecule has 0 saturated carbocycles. The molecule has 96 valence electrons. The maximum Gasteiger partial charge on any atom is 0.120 e. The van der Waals surface area contributed by atoms with E-state index in [2.05, 4.69) is 31.1 Å². The van der Waals surface area contributed by atoms with Crippen LogP contribution in [0.15, 0.2) is 23.7 Å². The molecule has 0 spiro atoms. The number of nitrogens with zero attached hydrogens (tertiary/aromatic N) is 2. The van der Waals surface area contributed by atoms with E-state index in [4.69, 9.17) is 18.0 Å². The molecule has 2 aromatic rings. The van der Waals surface area contributed by atoms with Crippen molar-refractivity contribution in [1.29, 1.82) is 0 Å². The van der Waals surface area contributed by atoms with E-state index < -0.39 is 0 Å². The van der Waals surface area contributed by atoms with E-state index in [-0.39, 0.29) is 5.41 Å². The Bertz CT molecular complexity index is 561. The smallest absolute Gasteiger partial charge is 0.120 e. The minimum atomic E-state index is 0.0947. The van der Waals surface area contributed by atoms with Crippen LogP contribution in [0.25, 0.3) is 0 Å². The summed E-state index contributed by atoms with van der Waals surface area (Å²) in [5.74, 6) is 0. The van der Waals surface area contributed by atoms with E-state index in [0.717, 1.165) is 22.9 Å². The van der Waals surface area contributed by atoms with Crippen molar-refractivity contribution in [3.8, 4) is 0 Å². The van der Waals surface area contributed by atoms with Gasteiger partial charge in [-0.05, 0) is 12.1 Å². The predicted octanol–water partition coefficient (Wildman–Crippen LogP) is 2.92. The zero-order valence-electron chi connectivity index (χ0n) is 10.8. The number of nitrogens with two attached hydrogens (primary N) is 1. The van der Waals surface area contributed by atoms with Gasteiger partial charge in [-0.2, -0.15) is 0 Å². The maximum atomic E-state index is 5.68. The lowest BCUT2D eigenvalue weighted by Crippen LogP contribution is -2.16. The van der Waals surface area contributed by atoms with Crippen molar-refractivity contribution in [2.75, 3.05) is 0 Å². The molecule has 0 aliphatic rings. The summed E-state index contributed by atoms with van der Waals surface area (Å²) in [5, 5.41) is 3.20. The van der Waals surface area contributed by atoms with Crippen molar-refractivity contribution >= 4 is 28.5 Å². The molecule has 0 aliphatic carbocycles. The first-order valence-corrected chi connectivity index (χ1v) is 7.06. The lowest BCUT2D eigenvalue weighted by molar-refractivity contribution is 0.569. The molecule has 0 radical (unpaired) electrons. The molecule has 2 aromatic heterocycles. The standard InChI is InChI=1S/C13H17N3S2/c1-13(2,3)10-8-18-11(15-10)7-16-6-4-5-9(16)12(14)17/h4-6,8H,7H2,1-3H3,(H2,14,17). The summed E-state index contributed by atoms with van der Waals surface area (Å²) in [6.07, 6.45) is 1.98. The van der Waals surface area contributed by atoms with E-state index in [1.807, 2.05) is 22.9 Å². The summed E-state index contributed by atoms with van der Waals surface area (Å²) in [5.41, 5.74) is 7.79. The number of rotatable bonds is 3. The number of aromatic nitrogens is 2. The third kappa shape index (κ3) is 2.79. The molecule has 3 nitrogen and oxygen atoms in total. The van der Waals surface area contributed by atoms with Crippen LogP contribution in [0.2, 0.25) is 0 Å².